The van der Waals surface area contributed by atoms with E-state index in [2.05, 4.69) is 0 Å². The summed E-state index contributed by atoms with van der Waals surface area (Å²) in [7, 11) is 0. The molecule has 4 heteroatoms. The van der Waals surface area contributed by atoms with Crippen LogP contribution in [0.1, 0.15) is 0 Å². The number of hydrogen-bond donors (Lipinski definition) is 0. The molecular formula is H11AlSiSrTe. The first kappa shape index (κ1) is 27.9. The molecule has 0 aromatic carbocycles. The van der Waals surface area contributed by atoms with Gasteiger partial charge in [-0.2, -0.15) is 0 Å². The van der Waals surface area contributed by atoms with Crippen LogP contribution in [-0.2, 0) is 0 Å². The number of rotatable bonds is 0. The van der Waals surface area contributed by atoms with Crippen LogP contribution in [0.2, 0.25) is 0 Å². The fourth-order valence-corrected chi connectivity index (χ4v) is 0. The van der Waals surface area contributed by atoms with Gasteiger partial charge in [0.25, 0.3) is 0 Å². The van der Waals surface area contributed by atoms with E-state index in [9.17, 15) is 0 Å². The molecule has 0 aliphatic carbocycles. The summed E-state index contributed by atoms with van der Waals surface area (Å²) in [4.78, 5) is 0. The third-order valence-electron chi connectivity index (χ3n) is 0. The van der Waals surface area contributed by atoms with Crippen LogP contribution in [0.5, 0.6) is 0 Å². The van der Waals surface area contributed by atoms with Gasteiger partial charge in [0, 0.05) is 0 Å². The minimum absolute atomic E-state index is 0. The zero-order valence-corrected chi connectivity index (χ0v) is 3.35. The first-order chi connectivity index (χ1) is 0. The van der Waals surface area contributed by atoms with Crippen LogP contribution >= 0.6 is 0 Å². The Balaban J connectivity index is 0. The van der Waals surface area contributed by atoms with E-state index in [0.717, 1.165) is 0 Å². The molecule has 0 atom stereocenters. The van der Waals surface area contributed by atoms with E-state index in [1.807, 2.05) is 0 Å². The van der Waals surface area contributed by atoms with Crippen molar-refractivity contribution in [3.8, 4) is 0 Å². The van der Waals surface area contributed by atoms with Gasteiger partial charge in [-0.1, -0.05) is 0 Å². The molecule has 0 unspecified atom stereocenters. The second-order valence-corrected chi connectivity index (χ2v) is 0. The molecule has 0 nitrogen and oxygen atoms in total. The third kappa shape index (κ3) is 8.89. The molecule has 0 aliphatic heterocycles. The fourth-order valence-electron chi connectivity index (χ4n) is 0. The first-order valence-electron chi connectivity index (χ1n) is 0. The molecular weight excluding hydrogens is 270 g/mol. The Bertz CT molecular complexity index is 8.00. The first-order valence-corrected chi connectivity index (χ1v) is 0. The van der Waals surface area contributed by atoms with E-state index in [1.54, 1.807) is 0 Å². The van der Waals surface area contributed by atoms with Crippen molar-refractivity contribution in [2.45, 2.75) is 0 Å². The van der Waals surface area contributed by atoms with Gasteiger partial charge in [0.1, 0.15) is 0 Å². The van der Waals surface area contributed by atoms with Gasteiger partial charge < -0.3 is 0 Å². The summed E-state index contributed by atoms with van der Waals surface area (Å²) in [5.41, 5.74) is 0. The zero-order valence-electron chi connectivity index (χ0n) is 0.500. The van der Waals surface area contributed by atoms with Crippen LogP contribution in [0.4, 0.5) is 0 Å². The predicted molar refractivity (Wildman–Crippen MR) is 38.4 cm³/mol. The van der Waals surface area contributed by atoms with E-state index in [4.69, 9.17) is 0 Å². The van der Waals surface area contributed by atoms with Crippen molar-refractivity contribution in [1.29, 1.82) is 0 Å². The molecule has 0 bridgehead atoms. The second kappa shape index (κ2) is 16.6. The summed E-state index contributed by atoms with van der Waals surface area (Å²) in [6.07, 6.45) is 0. The summed E-state index contributed by atoms with van der Waals surface area (Å²) in [6, 6.07) is 0. The summed E-state index contributed by atoms with van der Waals surface area (Å²) in [5, 5.41) is 0. The molecule has 0 amide bonds. The van der Waals surface area contributed by atoms with Crippen LogP contribution in [-0.4, -0.2) is 97.5 Å². The van der Waals surface area contributed by atoms with Crippen molar-refractivity contribution in [1.82, 2.24) is 0 Å². The SMILES string of the molecule is [AlH3].[SiH4].[SrH2].[TeH2]. The van der Waals surface area contributed by atoms with E-state index < -0.39 is 0 Å². The normalized spacial score (nSPS) is 0. The Hall–Kier alpha value is 3.02. The molecule has 0 fully saturated rings. The summed E-state index contributed by atoms with van der Waals surface area (Å²) < 4.78 is 0. The topological polar surface area (TPSA) is 0 Å². The zero-order chi connectivity index (χ0) is 0. The molecule has 0 saturated heterocycles. The number of hydrogen-bond acceptors (Lipinski definition) is 0. The van der Waals surface area contributed by atoms with Crippen molar-refractivity contribution in [2.75, 3.05) is 0 Å². The van der Waals surface area contributed by atoms with Gasteiger partial charge in [0.15, 0.2) is 17.4 Å². The van der Waals surface area contributed by atoms with Crippen LogP contribution in [0.25, 0.3) is 0 Å². The third-order valence-corrected chi connectivity index (χ3v) is 0. The molecule has 0 rings (SSSR count). The molecule has 26 valence electrons. The molecule has 0 saturated carbocycles. The van der Waals surface area contributed by atoms with Gasteiger partial charge in [0.2, 0.25) is 0 Å². The fraction of sp³-hybridized carbons (Fsp3) is 0. The van der Waals surface area contributed by atoms with Gasteiger partial charge in [-0.3, -0.25) is 0 Å². The maximum absolute atomic E-state index is 0. The quantitative estimate of drug-likeness (QED) is 0.393. The average molecular weight is 281 g/mol. The Kier molecular flexibility index (Phi) is 116. The Morgan fingerprint density at radius 1 is 1.00 bits per heavy atom. The van der Waals surface area contributed by atoms with Crippen LogP contribution in [0.3, 0.4) is 0 Å². The van der Waals surface area contributed by atoms with Gasteiger partial charge in [-0.05, 0) is 11.0 Å². The van der Waals surface area contributed by atoms with Crippen LogP contribution in [0, 0.1) is 0 Å². The molecule has 0 N–H and O–H groups in total. The van der Waals surface area contributed by atoms with Crippen molar-refractivity contribution in [2.24, 2.45) is 0 Å². The summed E-state index contributed by atoms with van der Waals surface area (Å²) >= 11 is 0. The van der Waals surface area contributed by atoms with Crippen molar-refractivity contribution in [3.05, 3.63) is 0 Å². The standard InChI is InChI=1S/Al.H4Si.Sr.H2Te.5H/h;1H4;;1H2;;;;;. The minimum atomic E-state index is 0. The van der Waals surface area contributed by atoms with Gasteiger partial charge in [0.05, 0.1) is 0 Å². The molecule has 0 aliphatic rings. The van der Waals surface area contributed by atoms with Crippen LogP contribution < -0.4 is 0 Å². The van der Waals surface area contributed by atoms with E-state index >= 15 is 0 Å². The van der Waals surface area contributed by atoms with E-state index in [0.29, 0.717) is 0 Å². The second-order valence-electron chi connectivity index (χ2n) is 0. The molecule has 0 aromatic rings. The molecule has 0 aromatic heterocycles. The molecule has 4 heavy (non-hydrogen) atoms. The molecule has 0 radical (unpaired) electrons. The van der Waals surface area contributed by atoms with Crippen molar-refractivity contribution < 1.29 is 0 Å². The maximum atomic E-state index is 0. The monoisotopic (exact) mass is 284 g/mol. The van der Waals surface area contributed by atoms with E-state index in [-0.39, 0.29) is 97.5 Å². The van der Waals surface area contributed by atoms with Gasteiger partial charge in [-0.25, -0.2) is 0 Å². The van der Waals surface area contributed by atoms with E-state index in [1.165, 1.54) is 0 Å². The predicted octanol–water partition coefficient (Wildman–Crippen LogP) is -4.47. The van der Waals surface area contributed by atoms with Crippen molar-refractivity contribution in [3.63, 3.8) is 0 Å². The average Bonchev–Trinajstić information content (AvgIpc) is 0. The Morgan fingerprint density at radius 2 is 1.00 bits per heavy atom. The van der Waals surface area contributed by atoms with Crippen LogP contribution in [0.15, 0.2) is 0 Å². The molecule has 0 heterocycles. The summed E-state index contributed by atoms with van der Waals surface area (Å²) in [6.45, 7) is 0. The Morgan fingerprint density at radius 3 is 1.00 bits per heavy atom. The molecule has 0 spiro atoms. The summed E-state index contributed by atoms with van der Waals surface area (Å²) in [5.74, 6) is 0. The van der Waals surface area contributed by atoms with Crippen molar-refractivity contribution >= 4 is 97.5 Å². The van der Waals surface area contributed by atoms with Gasteiger partial charge >= 0.3 is 69.1 Å². The Labute approximate surface area is 95.3 Å². The van der Waals surface area contributed by atoms with Gasteiger partial charge in [-0.15, -0.1) is 0 Å².